The van der Waals surface area contributed by atoms with Gasteiger partial charge in [0.1, 0.15) is 11.5 Å². The number of rotatable bonds is 2. The molecule has 1 saturated carbocycles. The first-order valence-electron chi connectivity index (χ1n) is 6.72. The molecule has 1 aliphatic heterocycles. The third-order valence-corrected chi connectivity index (χ3v) is 3.87. The maximum Gasteiger partial charge on any atom is 0.274 e. The molecule has 102 valence electrons. The Bertz CT molecular complexity index is 462. The largest absolute Gasteiger partial charge is 0.374 e. The molecule has 1 N–H and O–H groups in total. The third kappa shape index (κ3) is 2.28. The third-order valence-electron chi connectivity index (χ3n) is 3.87. The second-order valence-corrected chi connectivity index (χ2v) is 4.94. The van der Waals surface area contributed by atoms with Gasteiger partial charge >= 0.3 is 0 Å². The second kappa shape index (κ2) is 5.13. The molecule has 1 aliphatic carbocycles. The van der Waals surface area contributed by atoms with Gasteiger partial charge in [0.25, 0.3) is 5.91 Å². The second-order valence-electron chi connectivity index (χ2n) is 4.94. The summed E-state index contributed by atoms with van der Waals surface area (Å²) in [5, 5.41) is 2.89. The lowest BCUT2D eigenvalue weighted by atomic mass is 10.1. The van der Waals surface area contributed by atoms with E-state index >= 15 is 0 Å². The summed E-state index contributed by atoms with van der Waals surface area (Å²) < 4.78 is 5.71. The summed E-state index contributed by atoms with van der Waals surface area (Å²) in [6, 6.07) is 0.215. The van der Waals surface area contributed by atoms with E-state index in [1.807, 2.05) is 4.90 Å². The van der Waals surface area contributed by atoms with Crippen molar-refractivity contribution in [2.75, 3.05) is 25.5 Å². The van der Waals surface area contributed by atoms with Gasteiger partial charge in [0.2, 0.25) is 0 Å². The van der Waals surface area contributed by atoms with Crippen molar-refractivity contribution in [1.82, 2.24) is 14.9 Å². The van der Waals surface area contributed by atoms with Crippen LogP contribution in [0, 0.1) is 0 Å². The average molecular weight is 262 g/mol. The Labute approximate surface area is 112 Å². The van der Waals surface area contributed by atoms with Crippen LogP contribution in [0.15, 0.2) is 12.4 Å². The van der Waals surface area contributed by atoms with E-state index in [0.717, 1.165) is 19.3 Å². The quantitative estimate of drug-likeness (QED) is 0.858. The molecule has 2 heterocycles. The Morgan fingerprint density at radius 1 is 1.42 bits per heavy atom. The van der Waals surface area contributed by atoms with Crippen LogP contribution in [0.25, 0.3) is 0 Å². The summed E-state index contributed by atoms with van der Waals surface area (Å²) in [7, 11) is 1.77. The number of amides is 1. The number of anilines is 1. The Morgan fingerprint density at radius 2 is 2.32 bits per heavy atom. The lowest BCUT2D eigenvalue weighted by molar-refractivity contribution is -0.0447. The number of aromatic nitrogens is 2. The zero-order valence-corrected chi connectivity index (χ0v) is 11.0. The van der Waals surface area contributed by atoms with E-state index in [2.05, 4.69) is 15.3 Å². The fraction of sp³-hybridized carbons (Fsp3) is 0.615. The highest BCUT2D eigenvalue weighted by Gasteiger charge is 2.38. The van der Waals surface area contributed by atoms with Crippen molar-refractivity contribution in [3.05, 3.63) is 18.1 Å². The van der Waals surface area contributed by atoms with Crippen LogP contribution in [0.1, 0.15) is 29.8 Å². The Hall–Kier alpha value is -1.69. The minimum Gasteiger partial charge on any atom is -0.374 e. The highest BCUT2D eigenvalue weighted by atomic mass is 16.5. The number of nitrogens with one attached hydrogen (secondary N) is 1. The van der Waals surface area contributed by atoms with E-state index in [0.29, 0.717) is 24.7 Å². The van der Waals surface area contributed by atoms with Crippen LogP contribution in [0.2, 0.25) is 0 Å². The standard InChI is InChI=1S/C13H18N4O2/c1-14-12-8-15-9(7-16-12)13(18)17-5-6-19-11-4-2-3-10(11)17/h7-8,10-11H,2-6H2,1H3,(H,14,16). The van der Waals surface area contributed by atoms with Crippen molar-refractivity contribution in [1.29, 1.82) is 0 Å². The van der Waals surface area contributed by atoms with Crippen molar-refractivity contribution in [3.63, 3.8) is 0 Å². The summed E-state index contributed by atoms with van der Waals surface area (Å²) in [6.07, 6.45) is 6.54. The topological polar surface area (TPSA) is 67.4 Å². The van der Waals surface area contributed by atoms with Crippen molar-refractivity contribution in [3.8, 4) is 0 Å². The maximum absolute atomic E-state index is 12.5. The van der Waals surface area contributed by atoms with Crippen LogP contribution in [-0.2, 0) is 4.74 Å². The Morgan fingerprint density at radius 3 is 3.05 bits per heavy atom. The SMILES string of the molecule is CNc1cnc(C(=O)N2CCOC3CCCC32)cn1. The first kappa shape index (κ1) is 12.3. The van der Waals surface area contributed by atoms with E-state index < -0.39 is 0 Å². The molecule has 3 rings (SSSR count). The van der Waals surface area contributed by atoms with Crippen molar-refractivity contribution in [2.24, 2.45) is 0 Å². The summed E-state index contributed by atoms with van der Waals surface area (Å²) in [5.41, 5.74) is 0.409. The number of hydrogen-bond donors (Lipinski definition) is 1. The molecule has 6 heteroatoms. The van der Waals surface area contributed by atoms with Gasteiger partial charge < -0.3 is 15.0 Å². The van der Waals surface area contributed by atoms with Gasteiger partial charge in [-0.3, -0.25) is 4.79 Å². The predicted molar refractivity (Wildman–Crippen MR) is 70.0 cm³/mol. The molecular weight excluding hydrogens is 244 g/mol. The zero-order chi connectivity index (χ0) is 13.2. The van der Waals surface area contributed by atoms with Crippen molar-refractivity contribution >= 4 is 11.7 Å². The van der Waals surface area contributed by atoms with Crippen LogP contribution < -0.4 is 5.32 Å². The number of carbonyl (C=O) groups excluding carboxylic acids is 1. The number of nitrogens with zero attached hydrogens (tertiary/aromatic N) is 3. The molecular formula is C13H18N4O2. The first-order valence-corrected chi connectivity index (χ1v) is 6.72. The fourth-order valence-electron chi connectivity index (χ4n) is 2.89. The molecule has 0 radical (unpaired) electrons. The molecule has 1 amide bonds. The minimum absolute atomic E-state index is 0.0321. The Kier molecular flexibility index (Phi) is 3.33. The molecule has 0 bridgehead atoms. The molecule has 1 aromatic heterocycles. The lowest BCUT2D eigenvalue weighted by Gasteiger charge is -2.37. The van der Waals surface area contributed by atoms with Gasteiger partial charge in [0.15, 0.2) is 0 Å². The van der Waals surface area contributed by atoms with Gasteiger partial charge in [-0.25, -0.2) is 9.97 Å². The van der Waals surface area contributed by atoms with E-state index in [1.165, 1.54) is 6.20 Å². The summed E-state index contributed by atoms with van der Waals surface area (Å²) in [6.45, 7) is 1.27. The molecule has 2 aliphatic rings. The summed E-state index contributed by atoms with van der Waals surface area (Å²) in [4.78, 5) is 22.7. The monoisotopic (exact) mass is 262 g/mol. The van der Waals surface area contributed by atoms with Gasteiger partial charge in [-0.15, -0.1) is 0 Å². The number of hydrogen-bond acceptors (Lipinski definition) is 5. The smallest absolute Gasteiger partial charge is 0.274 e. The molecule has 0 aromatic carbocycles. The zero-order valence-electron chi connectivity index (χ0n) is 11.0. The van der Waals surface area contributed by atoms with Gasteiger partial charge in [0, 0.05) is 13.6 Å². The summed E-state index contributed by atoms with van der Waals surface area (Å²) >= 11 is 0. The van der Waals surface area contributed by atoms with Crippen LogP contribution >= 0.6 is 0 Å². The first-order chi connectivity index (χ1) is 9.29. The van der Waals surface area contributed by atoms with Crippen LogP contribution in [0.4, 0.5) is 5.82 Å². The molecule has 1 saturated heterocycles. The Balaban J connectivity index is 1.78. The fourth-order valence-corrected chi connectivity index (χ4v) is 2.89. The molecule has 2 atom stereocenters. The molecule has 6 nitrogen and oxygen atoms in total. The predicted octanol–water partition coefficient (Wildman–Crippen LogP) is 0.912. The van der Waals surface area contributed by atoms with Crippen LogP contribution in [0.3, 0.4) is 0 Å². The van der Waals surface area contributed by atoms with Crippen molar-refractivity contribution < 1.29 is 9.53 Å². The number of ether oxygens (including phenoxy) is 1. The molecule has 2 unspecified atom stereocenters. The number of carbonyl (C=O) groups is 1. The van der Waals surface area contributed by atoms with Crippen LogP contribution in [0.5, 0.6) is 0 Å². The van der Waals surface area contributed by atoms with Crippen LogP contribution in [-0.4, -0.2) is 53.1 Å². The van der Waals surface area contributed by atoms with Crippen molar-refractivity contribution in [2.45, 2.75) is 31.4 Å². The number of fused-ring (bicyclic) bond motifs is 1. The lowest BCUT2D eigenvalue weighted by Crippen LogP contribution is -2.51. The van der Waals surface area contributed by atoms with Gasteiger partial charge in [-0.1, -0.05) is 0 Å². The van der Waals surface area contributed by atoms with Gasteiger partial charge in [-0.2, -0.15) is 0 Å². The van der Waals surface area contributed by atoms with E-state index in [1.54, 1.807) is 13.2 Å². The molecule has 19 heavy (non-hydrogen) atoms. The average Bonchev–Trinajstić information content (AvgIpc) is 2.95. The highest BCUT2D eigenvalue weighted by molar-refractivity contribution is 5.92. The van der Waals surface area contributed by atoms with E-state index in [9.17, 15) is 4.79 Å². The van der Waals surface area contributed by atoms with E-state index in [-0.39, 0.29) is 18.1 Å². The molecule has 2 fully saturated rings. The summed E-state index contributed by atoms with van der Waals surface area (Å²) in [5.74, 6) is 0.632. The normalized spacial score (nSPS) is 26.1. The minimum atomic E-state index is -0.0321. The molecule has 0 spiro atoms. The van der Waals surface area contributed by atoms with Gasteiger partial charge in [0.05, 0.1) is 31.1 Å². The maximum atomic E-state index is 12.5. The van der Waals surface area contributed by atoms with Gasteiger partial charge in [-0.05, 0) is 19.3 Å². The van der Waals surface area contributed by atoms with E-state index in [4.69, 9.17) is 4.74 Å². The molecule has 1 aromatic rings. The highest BCUT2D eigenvalue weighted by Crippen LogP contribution is 2.30. The number of morpholine rings is 1.